The van der Waals surface area contributed by atoms with E-state index in [0.717, 1.165) is 51.6 Å². The Morgan fingerprint density at radius 2 is 1.69 bits per heavy atom. The summed E-state index contributed by atoms with van der Waals surface area (Å²) in [5.74, 6) is -0.581. The van der Waals surface area contributed by atoms with Gasteiger partial charge >= 0.3 is 6.18 Å². The SMILES string of the molecule is Cl.Cn1c(-c2cn(CC3CCCC3)nc2C(F)(F)F)cnc1C(=O)Nc1ccc(C(=O)N2CCN(C(=O)C3CCNCC3)CC2)c(Cl)c1. The van der Waals surface area contributed by atoms with Crippen LogP contribution in [0.2, 0.25) is 5.02 Å². The molecule has 2 saturated heterocycles. The number of imidazole rings is 1. The molecule has 3 aromatic rings. The number of hydrogen-bond acceptors (Lipinski definition) is 6. The molecule has 6 rings (SSSR count). The Balaban J connectivity index is 0.00000451. The summed E-state index contributed by atoms with van der Waals surface area (Å²) in [7, 11) is 1.47. The zero-order chi connectivity index (χ0) is 33.3. The lowest BCUT2D eigenvalue weighted by Crippen LogP contribution is -2.52. The van der Waals surface area contributed by atoms with Crippen molar-refractivity contribution in [2.75, 3.05) is 44.6 Å². The fourth-order valence-electron chi connectivity index (χ4n) is 6.82. The first-order chi connectivity index (χ1) is 22.5. The smallest absolute Gasteiger partial charge is 0.339 e. The topological polar surface area (TPSA) is 117 Å². The summed E-state index contributed by atoms with van der Waals surface area (Å²) in [4.78, 5) is 46.9. The minimum atomic E-state index is -4.68. The molecule has 3 fully saturated rings. The third kappa shape index (κ3) is 7.65. The minimum absolute atomic E-state index is 0. The van der Waals surface area contributed by atoms with Crippen molar-refractivity contribution < 1.29 is 27.6 Å². The van der Waals surface area contributed by atoms with E-state index in [1.165, 1.54) is 46.9 Å². The fourth-order valence-corrected chi connectivity index (χ4v) is 7.08. The van der Waals surface area contributed by atoms with E-state index in [-0.39, 0.29) is 63.7 Å². The molecule has 0 spiro atoms. The average molecular weight is 712 g/mol. The normalized spacial score (nSPS) is 17.8. The van der Waals surface area contributed by atoms with Crippen LogP contribution in [0.3, 0.4) is 0 Å². The van der Waals surface area contributed by atoms with Crippen LogP contribution in [-0.2, 0) is 24.6 Å². The fraction of sp³-hybridized carbons (Fsp3) is 0.531. The maximum absolute atomic E-state index is 14.0. The first-order valence-electron chi connectivity index (χ1n) is 16.1. The zero-order valence-electron chi connectivity index (χ0n) is 26.6. The van der Waals surface area contributed by atoms with E-state index in [1.54, 1.807) is 4.90 Å². The summed E-state index contributed by atoms with van der Waals surface area (Å²) < 4.78 is 44.6. The number of anilines is 1. The number of benzene rings is 1. The standard InChI is InChI=1S/C32H38ClF3N8O3.ClH/c1-41-26(24-19-44(18-20-4-2-3-5-20)40-27(24)32(34,35)36)17-38-28(41)29(45)39-22-6-7-23(25(33)16-22)31(47)43-14-12-42(13-15-43)30(46)21-8-10-37-11-9-21;/h6-7,16-17,19-21,37H,2-5,8-15,18H2,1H3,(H,39,45);1H. The van der Waals surface area contributed by atoms with Gasteiger partial charge in [-0.25, -0.2) is 4.98 Å². The molecule has 3 amide bonds. The highest BCUT2D eigenvalue weighted by atomic mass is 35.5. The second-order valence-electron chi connectivity index (χ2n) is 12.6. The molecule has 16 heteroatoms. The monoisotopic (exact) mass is 710 g/mol. The van der Waals surface area contributed by atoms with Gasteiger partial charge < -0.3 is 25.0 Å². The van der Waals surface area contributed by atoms with Crippen LogP contribution < -0.4 is 10.6 Å². The van der Waals surface area contributed by atoms with Crippen LogP contribution in [0.15, 0.2) is 30.6 Å². The van der Waals surface area contributed by atoms with Crippen molar-refractivity contribution in [3.8, 4) is 11.3 Å². The molecule has 2 N–H and O–H groups in total. The van der Waals surface area contributed by atoms with Crippen LogP contribution in [0.4, 0.5) is 18.9 Å². The van der Waals surface area contributed by atoms with Crippen molar-refractivity contribution in [2.45, 2.75) is 51.2 Å². The Morgan fingerprint density at radius 3 is 2.33 bits per heavy atom. The average Bonchev–Trinajstić information content (AvgIpc) is 3.81. The molecule has 2 aliphatic heterocycles. The van der Waals surface area contributed by atoms with E-state index in [1.807, 2.05) is 4.90 Å². The third-order valence-corrected chi connectivity index (χ3v) is 9.75. The number of piperidine rings is 1. The van der Waals surface area contributed by atoms with Gasteiger partial charge in [0.25, 0.3) is 11.8 Å². The number of halogens is 5. The third-order valence-electron chi connectivity index (χ3n) is 9.44. The van der Waals surface area contributed by atoms with E-state index in [2.05, 4.69) is 20.7 Å². The van der Waals surface area contributed by atoms with Crippen molar-refractivity contribution in [1.29, 1.82) is 0 Å². The number of hydrogen-bond donors (Lipinski definition) is 2. The summed E-state index contributed by atoms with van der Waals surface area (Å²) in [5, 5.41) is 9.94. The van der Waals surface area contributed by atoms with Crippen LogP contribution in [0.1, 0.15) is 65.2 Å². The molecule has 0 unspecified atom stereocenters. The van der Waals surface area contributed by atoms with Gasteiger partial charge in [-0.15, -0.1) is 12.4 Å². The maximum atomic E-state index is 14.0. The Bertz CT molecular complexity index is 1640. The van der Waals surface area contributed by atoms with Crippen LogP contribution >= 0.6 is 24.0 Å². The van der Waals surface area contributed by atoms with Crippen LogP contribution in [-0.4, -0.2) is 86.1 Å². The lowest BCUT2D eigenvalue weighted by Gasteiger charge is -2.37. The predicted octanol–water partition coefficient (Wildman–Crippen LogP) is 5.10. The van der Waals surface area contributed by atoms with E-state index in [0.29, 0.717) is 38.4 Å². The second-order valence-corrected chi connectivity index (χ2v) is 13.0. The summed E-state index contributed by atoms with van der Waals surface area (Å²) in [6.45, 7) is 3.77. The van der Waals surface area contributed by atoms with Gasteiger partial charge in [-0.3, -0.25) is 19.1 Å². The van der Waals surface area contributed by atoms with E-state index < -0.39 is 17.8 Å². The highest BCUT2D eigenvalue weighted by molar-refractivity contribution is 6.34. The molecule has 1 aliphatic carbocycles. The van der Waals surface area contributed by atoms with Gasteiger partial charge in [0.1, 0.15) is 0 Å². The minimum Gasteiger partial charge on any atom is -0.339 e. The van der Waals surface area contributed by atoms with Gasteiger partial charge in [0.15, 0.2) is 11.5 Å². The lowest BCUT2D eigenvalue weighted by molar-refractivity contribution is -0.141. The highest BCUT2D eigenvalue weighted by Crippen LogP contribution is 2.37. The molecule has 0 bridgehead atoms. The number of rotatable bonds is 7. The van der Waals surface area contributed by atoms with Crippen LogP contribution in [0, 0.1) is 11.8 Å². The molecule has 0 radical (unpaired) electrons. The molecule has 2 aromatic heterocycles. The summed E-state index contributed by atoms with van der Waals surface area (Å²) in [6.07, 6.45) is 3.62. The zero-order valence-corrected chi connectivity index (χ0v) is 28.1. The number of carbonyl (C=O) groups is 3. The van der Waals surface area contributed by atoms with Crippen molar-refractivity contribution in [3.05, 3.63) is 52.7 Å². The Morgan fingerprint density at radius 1 is 1.02 bits per heavy atom. The number of nitrogens with zero attached hydrogens (tertiary/aromatic N) is 6. The Hall–Kier alpha value is -3.62. The molecule has 1 saturated carbocycles. The van der Waals surface area contributed by atoms with Gasteiger partial charge in [-0.05, 0) is 62.9 Å². The van der Waals surface area contributed by atoms with Crippen LogP contribution in [0.25, 0.3) is 11.3 Å². The molecule has 11 nitrogen and oxygen atoms in total. The van der Waals surface area contributed by atoms with Crippen molar-refractivity contribution in [1.82, 2.24) is 34.4 Å². The van der Waals surface area contributed by atoms with E-state index in [4.69, 9.17) is 11.6 Å². The number of aromatic nitrogens is 4. The van der Waals surface area contributed by atoms with Crippen molar-refractivity contribution in [3.63, 3.8) is 0 Å². The Kier molecular flexibility index (Phi) is 11.1. The molecule has 0 atom stereocenters. The highest BCUT2D eigenvalue weighted by Gasteiger charge is 2.39. The van der Waals surface area contributed by atoms with Crippen molar-refractivity contribution >= 4 is 47.4 Å². The number of amides is 3. The Labute approximate surface area is 287 Å². The number of nitrogens with one attached hydrogen (secondary N) is 2. The maximum Gasteiger partial charge on any atom is 0.435 e. The van der Waals surface area contributed by atoms with E-state index >= 15 is 0 Å². The predicted molar refractivity (Wildman–Crippen MR) is 176 cm³/mol. The second kappa shape index (κ2) is 14.9. The molecule has 260 valence electrons. The quantitative estimate of drug-likeness (QED) is 0.352. The lowest BCUT2D eigenvalue weighted by atomic mass is 9.96. The van der Waals surface area contributed by atoms with Gasteiger partial charge in [-0.2, -0.15) is 18.3 Å². The molecule has 48 heavy (non-hydrogen) atoms. The summed E-state index contributed by atoms with van der Waals surface area (Å²) in [6, 6.07) is 4.50. The largest absolute Gasteiger partial charge is 0.435 e. The van der Waals surface area contributed by atoms with Gasteiger partial charge in [-0.1, -0.05) is 24.4 Å². The van der Waals surface area contributed by atoms with Crippen molar-refractivity contribution in [2.24, 2.45) is 18.9 Å². The molecule has 1 aromatic carbocycles. The molecular weight excluding hydrogens is 672 g/mol. The number of alkyl halides is 3. The number of piperazine rings is 1. The van der Waals surface area contributed by atoms with Gasteiger partial charge in [0.05, 0.1) is 28.0 Å². The summed E-state index contributed by atoms with van der Waals surface area (Å²) >= 11 is 6.49. The first kappa shape index (κ1) is 35.7. The molecular formula is C32H39Cl2F3N8O3. The van der Waals surface area contributed by atoms with Gasteiger partial charge in [0.2, 0.25) is 5.91 Å². The first-order valence-corrected chi connectivity index (χ1v) is 16.4. The molecule has 3 aliphatic rings. The van der Waals surface area contributed by atoms with Gasteiger partial charge in [0, 0.05) is 57.6 Å². The van der Waals surface area contributed by atoms with Crippen LogP contribution in [0.5, 0.6) is 0 Å². The van der Waals surface area contributed by atoms with E-state index in [9.17, 15) is 27.6 Å². The molecule has 4 heterocycles. The summed E-state index contributed by atoms with van der Waals surface area (Å²) in [5.41, 5.74) is -0.508. The number of carbonyl (C=O) groups excluding carboxylic acids is 3.